The Hall–Kier alpha value is -1.14. The van der Waals surface area contributed by atoms with Crippen molar-refractivity contribution in [3.8, 4) is 0 Å². The van der Waals surface area contributed by atoms with Crippen LogP contribution in [-0.2, 0) is 0 Å². The van der Waals surface area contributed by atoms with Crippen molar-refractivity contribution in [1.82, 2.24) is 16.1 Å². The van der Waals surface area contributed by atoms with E-state index in [0.717, 1.165) is 31.8 Å². The molecule has 0 spiro atoms. The fraction of sp³-hybridized carbons (Fsp3) is 0.889. The van der Waals surface area contributed by atoms with Crippen molar-refractivity contribution in [2.45, 2.75) is 83.2 Å². The van der Waals surface area contributed by atoms with Crippen LogP contribution in [0.1, 0.15) is 71.1 Å². The number of hydrazone groups is 1. The third-order valence-corrected chi connectivity index (χ3v) is 5.06. The van der Waals surface area contributed by atoms with Crippen LogP contribution in [0, 0.1) is 0 Å². The fourth-order valence-corrected chi connectivity index (χ4v) is 3.01. The number of nitrogens with two attached hydrogens (primary N) is 1. The number of guanidine groups is 1. The average molecular weight is 337 g/mol. The molecule has 0 aromatic rings. The number of piperidine rings is 2. The summed E-state index contributed by atoms with van der Waals surface area (Å²) in [5.74, 6) is 0.410. The topological polar surface area (TPSA) is 86.8 Å². The number of nitrogens with one attached hydrogen (secondary N) is 3. The average Bonchev–Trinajstić information content (AvgIpc) is 2.58. The molecule has 0 aromatic heterocycles. The number of hydrogen-bond donors (Lipinski definition) is 4. The third-order valence-electron chi connectivity index (χ3n) is 5.06. The summed E-state index contributed by atoms with van der Waals surface area (Å²) in [5, 5.41) is 11.3. The van der Waals surface area contributed by atoms with Gasteiger partial charge in [-0.3, -0.25) is 4.99 Å². The third kappa shape index (κ3) is 7.62. The largest absolute Gasteiger partial charge is 0.369 e. The van der Waals surface area contributed by atoms with Gasteiger partial charge in [0.2, 0.25) is 5.96 Å². The lowest BCUT2D eigenvalue weighted by Crippen LogP contribution is -2.41. The molecule has 0 amide bonds. The molecule has 1 aliphatic carbocycles. The van der Waals surface area contributed by atoms with Crippen LogP contribution >= 0.6 is 0 Å². The minimum atomic E-state index is 0.379. The van der Waals surface area contributed by atoms with Gasteiger partial charge in [0.25, 0.3) is 0 Å². The van der Waals surface area contributed by atoms with Crippen LogP contribution in [0.2, 0.25) is 0 Å². The number of hydrogen-bond acceptors (Lipinski definition) is 4. The molecule has 2 aliphatic heterocycles. The van der Waals surface area contributed by atoms with Crippen molar-refractivity contribution in [1.29, 1.82) is 0 Å². The molecule has 2 unspecified atom stereocenters. The highest BCUT2D eigenvalue weighted by Gasteiger charge is 2.15. The van der Waals surface area contributed by atoms with E-state index in [9.17, 15) is 0 Å². The van der Waals surface area contributed by atoms with Crippen molar-refractivity contribution in [2.75, 3.05) is 19.6 Å². The predicted octanol–water partition coefficient (Wildman–Crippen LogP) is 2.11. The zero-order valence-electron chi connectivity index (χ0n) is 15.3. The van der Waals surface area contributed by atoms with Gasteiger partial charge in [-0.2, -0.15) is 5.10 Å². The molecule has 0 aromatic carbocycles. The SMILES string of the molecule is C/C(=N\NC(N)=NCC1CCCCN1)C1CCCCN1.C1CCC1. The molecule has 6 nitrogen and oxygen atoms in total. The van der Waals surface area contributed by atoms with E-state index in [2.05, 4.69) is 26.2 Å². The van der Waals surface area contributed by atoms with E-state index in [1.165, 1.54) is 57.8 Å². The van der Waals surface area contributed by atoms with Crippen molar-refractivity contribution in [3.63, 3.8) is 0 Å². The second-order valence-electron chi connectivity index (χ2n) is 7.15. The van der Waals surface area contributed by atoms with Crippen molar-refractivity contribution >= 4 is 11.7 Å². The molecule has 2 saturated heterocycles. The minimum Gasteiger partial charge on any atom is -0.369 e. The standard InChI is InChI=1S/C14H28N6.C4H8/c1-11(13-7-3-5-9-17-13)19-20-14(15)18-10-12-6-2-4-8-16-12;1-2-4-3-1/h12-13,16-17H,2-10H2,1H3,(H3,15,18,20);1-4H2/b19-11+;. The lowest BCUT2D eigenvalue weighted by molar-refractivity contribution is 0.408. The van der Waals surface area contributed by atoms with Crippen LogP contribution in [0.3, 0.4) is 0 Å². The molecule has 3 rings (SSSR count). The van der Waals surface area contributed by atoms with Gasteiger partial charge in [0, 0.05) is 12.1 Å². The smallest absolute Gasteiger partial charge is 0.209 e. The lowest BCUT2D eigenvalue weighted by atomic mass is 10.0. The summed E-state index contributed by atoms with van der Waals surface area (Å²) in [6, 6.07) is 0.846. The first-order valence-corrected chi connectivity index (χ1v) is 9.82. The summed E-state index contributed by atoms with van der Waals surface area (Å²) in [4.78, 5) is 4.36. The van der Waals surface area contributed by atoms with E-state index in [1.807, 2.05) is 6.92 Å². The van der Waals surface area contributed by atoms with Crippen LogP contribution < -0.4 is 21.8 Å². The van der Waals surface area contributed by atoms with E-state index in [4.69, 9.17) is 5.73 Å². The summed E-state index contributed by atoms with van der Waals surface area (Å²) in [5.41, 5.74) is 9.77. The van der Waals surface area contributed by atoms with Crippen LogP contribution in [0.15, 0.2) is 10.1 Å². The van der Waals surface area contributed by atoms with Gasteiger partial charge >= 0.3 is 0 Å². The Kier molecular flexibility index (Phi) is 9.13. The molecule has 3 fully saturated rings. The fourth-order valence-electron chi connectivity index (χ4n) is 3.01. The Morgan fingerprint density at radius 1 is 0.958 bits per heavy atom. The first-order valence-electron chi connectivity index (χ1n) is 9.82. The molecule has 24 heavy (non-hydrogen) atoms. The van der Waals surface area contributed by atoms with Gasteiger partial charge in [0.05, 0.1) is 12.3 Å². The number of nitrogens with zero attached hydrogens (tertiary/aromatic N) is 2. The normalized spacial score (nSPS) is 28.4. The molecule has 5 N–H and O–H groups in total. The van der Waals surface area contributed by atoms with E-state index in [1.54, 1.807) is 0 Å². The highest BCUT2D eigenvalue weighted by Crippen LogP contribution is 2.15. The summed E-state index contributed by atoms with van der Waals surface area (Å²) >= 11 is 0. The molecule has 0 radical (unpaired) electrons. The van der Waals surface area contributed by atoms with Gasteiger partial charge in [-0.25, -0.2) is 5.43 Å². The zero-order chi connectivity index (χ0) is 17.0. The molecule has 2 heterocycles. The first-order chi connectivity index (χ1) is 11.8. The Balaban J connectivity index is 0.000000454. The molecule has 3 aliphatic rings. The van der Waals surface area contributed by atoms with Crippen LogP contribution in [-0.4, -0.2) is 43.4 Å². The van der Waals surface area contributed by atoms with Gasteiger partial charge in [-0.15, -0.1) is 0 Å². The Morgan fingerprint density at radius 2 is 1.62 bits per heavy atom. The van der Waals surface area contributed by atoms with Gasteiger partial charge in [0.15, 0.2) is 0 Å². The number of aliphatic imine (C=N–C) groups is 1. The number of rotatable bonds is 4. The van der Waals surface area contributed by atoms with E-state index in [0.29, 0.717) is 18.0 Å². The van der Waals surface area contributed by atoms with E-state index in [-0.39, 0.29) is 0 Å². The minimum absolute atomic E-state index is 0.379. The van der Waals surface area contributed by atoms with Crippen LogP contribution in [0.25, 0.3) is 0 Å². The maximum atomic E-state index is 5.85. The van der Waals surface area contributed by atoms with Crippen molar-refractivity contribution < 1.29 is 0 Å². The Labute approximate surface area is 147 Å². The highest BCUT2D eigenvalue weighted by atomic mass is 15.4. The predicted molar refractivity (Wildman–Crippen MR) is 102 cm³/mol. The molecular weight excluding hydrogens is 300 g/mol. The second-order valence-corrected chi connectivity index (χ2v) is 7.15. The maximum absolute atomic E-state index is 5.85. The summed E-state index contributed by atoms with van der Waals surface area (Å²) < 4.78 is 0. The first kappa shape index (κ1) is 19.2. The van der Waals surface area contributed by atoms with Gasteiger partial charge < -0.3 is 16.4 Å². The molecular formula is C18H36N6. The Bertz CT molecular complexity index is 386. The molecule has 138 valence electrons. The van der Waals surface area contributed by atoms with E-state index >= 15 is 0 Å². The molecule has 0 bridgehead atoms. The zero-order valence-corrected chi connectivity index (χ0v) is 15.3. The monoisotopic (exact) mass is 336 g/mol. The Morgan fingerprint density at radius 3 is 2.17 bits per heavy atom. The second kappa shape index (κ2) is 11.4. The van der Waals surface area contributed by atoms with Crippen LogP contribution in [0.4, 0.5) is 0 Å². The lowest BCUT2D eigenvalue weighted by Gasteiger charge is -2.23. The maximum Gasteiger partial charge on any atom is 0.209 e. The van der Waals surface area contributed by atoms with Crippen molar-refractivity contribution in [3.05, 3.63) is 0 Å². The summed E-state index contributed by atoms with van der Waals surface area (Å²) in [6.45, 7) is 4.94. The quantitative estimate of drug-likeness (QED) is 0.360. The van der Waals surface area contributed by atoms with Gasteiger partial charge in [0.1, 0.15) is 0 Å². The molecule has 2 atom stereocenters. The molecule has 6 heteroatoms. The molecule has 1 saturated carbocycles. The summed E-state index contributed by atoms with van der Waals surface area (Å²) in [7, 11) is 0. The highest BCUT2D eigenvalue weighted by molar-refractivity contribution is 5.89. The van der Waals surface area contributed by atoms with E-state index < -0.39 is 0 Å². The van der Waals surface area contributed by atoms with Crippen molar-refractivity contribution in [2.24, 2.45) is 15.8 Å². The van der Waals surface area contributed by atoms with Crippen LogP contribution in [0.5, 0.6) is 0 Å². The van der Waals surface area contributed by atoms with Gasteiger partial charge in [-0.1, -0.05) is 38.5 Å². The van der Waals surface area contributed by atoms with Gasteiger partial charge in [-0.05, 0) is 45.7 Å². The summed E-state index contributed by atoms with van der Waals surface area (Å²) in [6.07, 6.45) is 13.4.